The molecule has 1 aliphatic heterocycles. The van der Waals surface area contributed by atoms with Crippen molar-refractivity contribution < 1.29 is 4.79 Å². The molecule has 158 valence electrons. The molecular weight excluding hydrogens is 370 g/mol. The molecule has 28 heavy (non-hydrogen) atoms. The van der Waals surface area contributed by atoms with E-state index in [0.717, 1.165) is 38.1 Å². The van der Waals surface area contributed by atoms with Gasteiger partial charge in [-0.05, 0) is 50.2 Å². The molecular formula is C21H37N5OS. The minimum atomic E-state index is 0.0146. The molecule has 1 aromatic rings. The number of guanidine groups is 1. The van der Waals surface area contributed by atoms with Crippen molar-refractivity contribution in [3.05, 3.63) is 22.4 Å². The van der Waals surface area contributed by atoms with Crippen LogP contribution in [0.5, 0.6) is 0 Å². The van der Waals surface area contributed by atoms with Crippen molar-refractivity contribution in [2.75, 3.05) is 39.3 Å². The molecule has 1 unspecified atom stereocenters. The molecule has 1 atom stereocenters. The number of amides is 1. The first-order chi connectivity index (χ1) is 13.5. The highest BCUT2D eigenvalue weighted by Crippen LogP contribution is 2.29. The summed E-state index contributed by atoms with van der Waals surface area (Å²) in [4.78, 5) is 20.5. The van der Waals surface area contributed by atoms with Crippen molar-refractivity contribution in [3.8, 4) is 0 Å². The summed E-state index contributed by atoms with van der Waals surface area (Å²) in [6.07, 6.45) is 2.53. The van der Waals surface area contributed by atoms with E-state index < -0.39 is 0 Å². The summed E-state index contributed by atoms with van der Waals surface area (Å²) in [5.41, 5.74) is 0. The predicted molar refractivity (Wildman–Crippen MR) is 119 cm³/mol. The van der Waals surface area contributed by atoms with E-state index in [9.17, 15) is 4.79 Å². The quantitative estimate of drug-likeness (QED) is 0.334. The van der Waals surface area contributed by atoms with E-state index in [1.165, 1.54) is 17.7 Å². The molecule has 0 radical (unpaired) electrons. The number of carbonyl (C=O) groups excluding carboxylic acids is 1. The van der Waals surface area contributed by atoms with E-state index in [0.29, 0.717) is 19.1 Å². The van der Waals surface area contributed by atoms with Gasteiger partial charge < -0.3 is 16.0 Å². The van der Waals surface area contributed by atoms with Gasteiger partial charge in [0.15, 0.2) is 5.96 Å². The maximum Gasteiger partial charge on any atom is 0.222 e. The predicted octanol–water partition coefficient (Wildman–Crippen LogP) is 2.85. The van der Waals surface area contributed by atoms with E-state index >= 15 is 0 Å². The van der Waals surface area contributed by atoms with Crippen LogP contribution in [0, 0.1) is 11.8 Å². The summed E-state index contributed by atoms with van der Waals surface area (Å²) in [6.45, 7) is 13.3. The van der Waals surface area contributed by atoms with Gasteiger partial charge >= 0.3 is 0 Å². The maximum atomic E-state index is 11.7. The number of nitrogens with one attached hydrogen (secondary N) is 3. The van der Waals surface area contributed by atoms with Gasteiger partial charge in [0.2, 0.25) is 5.91 Å². The summed E-state index contributed by atoms with van der Waals surface area (Å²) in [5.74, 6) is 1.73. The Morgan fingerprint density at radius 2 is 1.96 bits per heavy atom. The van der Waals surface area contributed by atoms with Gasteiger partial charge in [0.25, 0.3) is 0 Å². The minimum absolute atomic E-state index is 0.0146. The molecule has 7 heteroatoms. The van der Waals surface area contributed by atoms with Crippen molar-refractivity contribution in [2.45, 2.75) is 46.6 Å². The second kappa shape index (κ2) is 12.1. The number of nitrogens with zero attached hydrogens (tertiary/aromatic N) is 2. The fourth-order valence-electron chi connectivity index (χ4n) is 3.30. The molecule has 2 rings (SSSR count). The van der Waals surface area contributed by atoms with Crippen LogP contribution >= 0.6 is 11.3 Å². The Labute approximate surface area is 174 Å². The van der Waals surface area contributed by atoms with Crippen LogP contribution in [0.3, 0.4) is 0 Å². The summed E-state index contributed by atoms with van der Waals surface area (Å²) in [6, 6.07) is 4.69. The first-order valence-corrected chi connectivity index (χ1v) is 11.5. The van der Waals surface area contributed by atoms with Gasteiger partial charge in [0.05, 0.1) is 12.6 Å². The van der Waals surface area contributed by atoms with Gasteiger partial charge in [-0.25, -0.2) is 0 Å². The van der Waals surface area contributed by atoms with Crippen molar-refractivity contribution in [2.24, 2.45) is 16.8 Å². The number of carbonyl (C=O) groups is 1. The maximum absolute atomic E-state index is 11.7. The highest BCUT2D eigenvalue weighted by molar-refractivity contribution is 7.10. The van der Waals surface area contributed by atoms with Crippen LogP contribution in [0.15, 0.2) is 22.5 Å². The second-order valence-corrected chi connectivity index (χ2v) is 8.82. The van der Waals surface area contributed by atoms with E-state index in [2.05, 4.69) is 52.2 Å². The van der Waals surface area contributed by atoms with E-state index in [1.807, 2.05) is 25.2 Å². The van der Waals surface area contributed by atoms with Gasteiger partial charge in [-0.15, -0.1) is 11.3 Å². The van der Waals surface area contributed by atoms with Crippen molar-refractivity contribution in [1.29, 1.82) is 0 Å². The van der Waals surface area contributed by atoms with E-state index in [1.54, 1.807) is 0 Å². The number of thiophene rings is 1. The average molecular weight is 408 g/mol. The molecule has 1 saturated heterocycles. The van der Waals surface area contributed by atoms with Crippen molar-refractivity contribution in [1.82, 2.24) is 20.9 Å². The second-order valence-electron chi connectivity index (χ2n) is 7.84. The smallest absolute Gasteiger partial charge is 0.222 e. The molecule has 1 amide bonds. The van der Waals surface area contributed by atoms with Crippen molar-refractivity contribution >= 4 is 23.2 Å². The third-order valence-electron chi connectivity index (χ3n) is 5.14. The van der Waals surface area contributed by atoms with Gasteiger partial charge in [0, 0.05) is 30.4 Å². The summed E-state index contributed by atoms with van der Waals surface area (Å²) in [5, 5.41) is 11.7. The van der Waals surface area contributed by atoms with E-state index in [-0.39, 0.29) is 11.8 Å². The topological polar surface area (TPSA) is 68.8 Å². The molecule has 0 saturated carbocycles. The van der Waals surface area contributed by atoms with Gasteiger partial charge in [0.1, 0.15) is 0 Å². The SMILES string of the molecule is CCNC(=NCC(c1cccs1)N1CCC(C)CC1)NCCNC(=O)C(C)C. The van der Waals surface area contributed by atoms with Crippen LogP contribution in [0.4, 0.5) is 0 Å². The fraction of sp³-hybridized carbons (Fsp3) is 0.714. The molecule has 1 fully saturated rings. The Morgan fingerprint density at radius 1 is 1.25 bits per heavy atom. The zero-order valence-electron chi connectivity index (χ0n) is 17.8. The normalized spacial score (nSPS) is 17.5. The lowest BCUT2D eigenvalue weighted by Crippen LogP contribution is -2.43. The highest BCUT2D eigenvalue weighted by Gasteiger charge is 2.25. The van der Waals surface area contributed by atoms with Crippen molar-refractivity contribution in [3.63, 3.8) is 0 Å². The summed E-state index contributed by atoms with van der Waals surface area (Å²) < 4.78 is 0. The molecule has 0 bridgehead atoms. The lowest BCUT2D eigenvalue weighted by molar-refractivity contribution is -0.123. The third kappa shape index (κ3) is 7.43. The van der Waals surface area contributed by atoms with E-state index in [4.69, 9.17) is 4.99 Å². The molecule has 0 aromatic carbocycles. The first-order valence-electron chi connectivity index (χ1n) is 10.6. The van der Waals surface area contributed by atoms with Crippen LogP contribution in [-0.4, -0.2) is 56.0 Å². The summed E-state index contributed by atoms with van der Waals surface area (Å²) in [7, 11) is 0. The number of hydrogen-bond donors (Lipinski definition) is 3. The molecule has 2 heterocycles. The number of hydrogen-bond acceptors (Lipinski definition) is 4. The zero-order valence-corrected chi connectivity index (χ0v) is 18.6. The van der Waals surface area contributed by atoms with Crippen LogP contribution < -0.4 is 16.0 Å². The van der Waals surface area contributed by atoms with Gasteiger partial charge in [-0.2, -0.15) is 0 Å². The zero-order chi connectivity index (χ0) is 20.4. The Morgan fingerprint density at radius 3 is 2.57 bits per heavy atom. The molecule has 0 aliphatic carbocycles. The monoisotopic (exact) mass is 407 g/mol. The fourth-order valence-corrected chi connectivity index (χ4v) is 4.15. The summed E-state index contributed by atoms with van der Waals surface area (Å²) >= 11 is 1.82. The Bertz CT molecular complexity index is 594. The largest absolute Gasteiger partial charge is 0.357 e. The lowest BCUT2D eigenvalue weighted by Gasteiger charge is -2.35. The average Bonchev–Trinajstić information content (AvgIpc) is 3.20. The first kappa shape index (κ1) is 22.7. The number of aliphatic imine (C=N–C) groups is 1. The van der Waals surface area contributed by atoms with Crippen LogP contribution in [0.1, 0.15) is 51.5 Å². The molecule has 1 aliphatic rings. The number of piperidine rings is 1. The highest BCUT2D eigenvalue weighted by atomic mass is 32.1. The Balaban J connectivity index is 1.93. The van der Waals surface area contributed by atoms with Gasteiger partial charge in [-0.1, -0.05) is 26.8 Å². The lowest BCUT2D eigenvalue weighted by atomic mass is 9.97. The number of rotatable bonds is 9. The molecule has 1 aromatic heterocycles. The van der Waals surface area contributed by atoms with Crippen LogP contribution in [-0.2, 0) is 4.79 Å². The standard InChI is InChI=1S/C21H37N5OS/c1-5-22-21(24-11-10-23-20(27)16(2)3)25-15-18(19-7-6-14-28-19)26-12-8-17(4)9-13-26/h6-7,14,16-18H,5,8-13,15H2,1-4H3,(H,23,27)(H2,22,24,25). The molecule has 3 N–H and O–H groups in total. The number of likely N-dealkylation sites (tertiary alicyclic amines) is 1. The third-order valence-corrected chi connectivity index (χ3v) is 6.11. The Hall–Kier alpha value is -1.60. The molecule has 6 nitrogen and oxygen atoms in total. The molecule has 0 spiro atoms. The van der Waals surface area contributed by atoms with Crippen LogP contribution in [0.2, 0.25) is 0 Å². The van der Waals surface area contributed by atoms with Gasteiger partial charge in [-0.3, -0.25) is 14.7 Å². The minimum Gasteiger partial charge on any atom is -0.357 e. The van der Waals surface area contributed by atoms with Crippen LogP contribution in [0.25, 0.3) is 0 Å². The Kier molecular flexibility index (Phi) is 9.78.